The monoisotopic (exact) mass is 245 g/mol. The Morgan fingerprint density at radius 2 is 2.18 bits per heavy atom. The smallest absolute Gasteiger partial charge is 0.0798 e. The van der Waals surface area contributed by atoms with Gasteiger partial charge in [0.25, 0.3) is 0 Å². The number of hydrogen-bond donors (Lipinski definition) is 1. The van der Waals surface area contributed by atoms with Crippen LogP contribution in [0.1, 0.15) is 21.7 Å². The molecule has 0 amide bonds. The Balaban J connectivity index is 1.76. The lowest BCUT2D eigenvalue weighted by Gasteiger charge is -2.13. The van der Waals surface area contributed by atoms with Gasteiger partial charge in [0, 0.05) is 30.2 Å². The van der Waals surface area contributed by atoms with E-state index in [2.05, 4.69) is 28.9 Å². The highest BCUT2D eigenvalue weighted by atomic mass is 32.1. The van der Waals surface area contributed by atoms with Crippen LogP contribution in [0.25, 0.3) is 0 Å². The Morgan fingerprint density at radius 1 is 1.35 bits per heavy atom. The third-order valence-corrected chi connectivity index (χ3v) is 4.15. The summed E-state index contributed by atoms with van der Waals surface area (Å²) in [6, 6.07) is 6.22. The van der Waals surface area contributed by atoms with Crippen molar-refractivity contribution < 1.29 is 0 Å². The first-order chi connectivity index (χ1) is 8.22. The largest absolute Gasteiger partial charge is 0.399 e. The zero-order valence-electron chi connectivity index (χ0n) is 9.81. The summed E-state index contributed by atoms with van der Waals surface area (Å²) in [7, 11) is 0. The first-order valence-electron chi connectivity index (χ1n) is 5.71. The first-order valence-corrected chi connectivity index (χ1v) is 6.59. The minimum absolute atomic E-state index is 0.861. The second kappa shape index (κ2) is 4.13. The predicted octanol–water partition coefficient (Wildman–Crippen LogP) is 2.55. The number of nitrogen functional groups attached to an aromatic ring is 1. The SMILES string of the molecule is Cc1ncsc1CN1Cc2ccc(N)cc2C1. The van der Waals surface area contributed by atoms with Gasteiger partial charge in [0.2, 0.25) is 0 Å². The molecule has 0 atom stereocenters. The van der Waals surface area contributed by atoms with Crippen molar-refractivity contribution in [2.24, 2.45) is 0 Å². The molecule has 17 heavy (non-hydrogen) atoms. The second-order valence-corrected chi connectivity index (χ2v) is 5.47. The quantitative estimate of drug-likeness (QED) is 0.827. The van der Waals surface area contributed by atoms with Crippen LogP contribution in [0.2, 0.25) is 0 Å². The molecule has 4 heteroatoms. The Morgan fingerprint density at radius 3 is 2.94 bits per heavy atom. The van der Waals surface area contributed by atoms with Crippen LogP contribution in [0.3, 0.4) is 0 Å². The van der Waals surface area contributed by atoms with Crippen molar-refractivity contribution in [2.75, 3.05) is 5.73 Å². The highest BCUT2D eigenvalue weighted by Crippen LogP contribution is 2.27. The lowest BCUT2D eigenvalue weighted by molar-refractivity contribution is 0.277. The normalized spacial score (nSPS) is 15.1. The Labute approximate surface area is 105 Å². The maximum absolute atomic E-state index is 5.81. The Kier molecular flexibility index (Phi) is 2.61. The van der Waals surface area contributed by atoms with Crippen molar-refractivity contribution in [3.8, 4) is 0 Å². The lowest BCUT2D eigenvalue weighted by atomic mass is 10.1. The van der Waals surface area contributed by atoms with Crippen molar-refractivity contribution >= 4 is 17.0 Å². The molecule has 0 unspecified atom stereocenters. The highest BCUT2D eigenvalue weighted by molar-refractivity contribution is 7.09. The van der Waals surface area contributed by atoms with Crippen LogP contribution < -0.4 is 5.73 Å². The van der Waals surface area contributed by atoms with Gasteiger partial charge < -0.3 is 5.73 Å². The van der Waals surface area contributed by atoms with Crippen molar-refractivity contribution in [3.63, 3.8) is 0 Å². The van der Waals surface area contributed by atoms with Gasteiger partial charge in [-0.3, -0.25) is 4.90 Å². The molecule has 1 aromatic heterocycles. The molecule has 1 aliphatic rings. The van der Waals surface area contributed by atoms with Gasteiger partial charge in [0.05, 0.1) is 11.2 Å². The predicted molar refractivity (Wildman–Crippen MR) is 70.7 cm³/mol. The molecule has 0 bridgehead atoms. The summed E-state index contributed by atoms with van der Waals surface area (Å²) in [4.78, 5) is 8.10. The Hall–Kier alpha value is -1.39. The molecular weight excluding hydrogens is 230 g/mol. The van der Waals surface area contributed by atoms with Crippen LogP contribution in [-0.4, -0.2) is 9.88 Å². The molecule has 88 valence electrons. The summed E-state index contributed by atoms with van der Waals surface area (Å²) >= 11 is 1.74. The molecule has 2 aromatic rings. The van der Waals surface area contributed by atoms with E-state index in [0.29, 0.717) is 0 Å². The van der Waals surface area contributed by atoms with E-state index >= 15 is 0 Å². The number of hydrogen-bond acceptors (Lipinski definition) is 4. The van der Waals surface area contributed by atoms with E-state index in [9.17, 15) is 0 Å². The maximum atomic E-state index is 5.81. The van der Waals surface area contributed by atoms with Gasteiger partial charge in [-0.1, -0.05) is 6.07 Å². The highest BCUT2D eigenvalue weighted by Gasteiger charge is 2.19. The van der Waals surface area contributed by atoms with Gasteiger partial charge in [0.1, 0.15) is 0 Å². The summed E-state index contributed by atoms with van der Waals surface area (Å²) < 4.78 is 0. The van der Waals surface area contributed by atoms with Crippen molar-refractivity contribution in [1.82, 2.24) is 9.88 Å². The summed E-state index contributed by atoms with van der Waals surface area (Å²) in [6.45, 7) is 5.09. The van der Waals surface area contributed by atoms with E-state index in [0.717, 1.165) is 31.0 Å². The number of nitrogens with two attached hydrogens (primary N) is 1. The van der Waals surface area contributed by atoms with Gasteiger partial charge in [-0.25, -0.2) is 4.98 Å². The molecule has 2 heterocycles. The number of benzene rings is 1. The van der Waals surface area contributed by atoms with Crippen LogP contribution >= 0.6 is 11.3 Å². The molecule has 0 aliphatic carbocycles. The van der Waals surface area contributed by atoms with Crippen LogP contribution in [0.5, 0.6) is 0 Å². The minimum atomic E-state index is 0.861. The number of anilines is 1. The fraction of sp³-hybridized carbons (Fsp3) is 0.308. The number of aryl methyl sites for hydroxylation is 1. The van der Waals surface area contributed by atoms with Crippen LogP contribution in [-0.2, 0) is 19.6 Å². The zero-order valence-corrected chi connectivity index (χ0v) is 10.6. The Bertz CT molecular complexity index is 547. The molecule has 1 aromatic carbocycles. The van der Waals surface area contributed by atoms with E-state index in [-0.39, 0.29) is 0 Å². The van der Waals surface area contributed by atoms with Gasteiger partial charge in [0.15, 0.2) is 0 Å². The lowest BCUT2D eigenvalue weighted by Crippen LogP contribution is -2.15. The zero-order chi connectivity index (χ0) is 11.8. The van der Waals surface area contributed by atoms with E-state index in [1.165, 1.54) is 16.0 Å². The van der Waals surface area contributed by atoms with Crippen molar-refractivity contribution in [2.45, 2.75) is 26.6 Å². The van der Waals surface area contributed by atoms with Crippen molar-refractivity contribution in [1.29, 1.82) is 0 Å². The van der Waals surface area contributed by atoms with Crippen LogP contribution in [0.15, 0.2) is 23.7 Å². The molecule has 1 aliphatic heterocycles. The number of nitrogens with zero attached hydrogens (tertiary/aromatic N) is 2. The number of fused-ring (bicyclic) bond motifs is 1. The third kappa shape index (κ3) is 2.06. The molecule has 3 nitrogen and oxygen atoms in total. The van der Waals surface area contributed by atoms with Gasteiger partial charge >= 0.3 is 0 Å². The molecule has 0 fully saturated rings. The molecule has 0 spiro atoms. The summed E-state index contributed by atoms with van der Waals surface area (Å²) in [5, 5.41) is 0. The number of thiazole rings is 1. The fourth-order valence-electron chi connectivity index (χ4n) is 2.28. The van der Waals surface area contributed by atoms with Gasteiger partial charge in [-0.2, -0.15) is 0 Å². The van der Waals surface area contributed by atoms with E-state index in [1.807, 2.05) is 11.6 Å². The molecule has 0 saturated carbocycles. The molecular formula is C13H15N3S. The second-order valence-electron chi connectivity index (χ2n) is 4.53. The van der Waals surface area contributed by atoms with Gasteiger partial charge in [-0.05, 0) is 30.2 Å². The number of rotatable bonds is 2. The summed E-state index contributed by atoms with van der Waals surface area (Å²) in [6.07, 6.45) is 0. The average molecular weight is 245 g/mol. The molecule has 0 radical (unpaired) electrons. The van der Waals surface area contributed by atoms with Crippen LogP contribution in [0, 0.1) is 6.92 Å². The minimum Gasteiger partial charge on any atom is -0.399 e. The third-order valence-electron chi connectivity index (χ3n) is 3.23. The van der Waals surface area contributed by atoms with Crippen molar-refractivity contribution in [3.05, 3.63) is 45.4 Å². The summed E-state index contributed by atoms with van der Waals surface area (Å²) in [5.74, 6) is 0. The maximum Gasteiger partial charge on any atom is 0.0798 e. The molecule has 2 N–H and O–H groups in total. The molecule has 0 saturated heterocycles. The van der Waals surface area contributed by atoms with E-state index in [4.69, 9.17) is 5.73 Å². The van der Waals surface area contributed by atoms with Crippen LogP contribution in [0.4, 0.5) is 5.69 Å². The van der Waals surface area contributed by atoms with Gasteiger partial charge in [-0.15, -0.1) is 11.3 Å². The van der Waals surface area contributed by atoms with E-state index < -0.39 is 0 Å². The van der Waals surface area contributed by atoms with E-state index in [1.54, 1.807) is 11.3 Å². The topological polar surface area (TPSA) is 42.2 Å². The fourth-order valence-corrected chi connectivity index (χ4v) is 3.10. The summed E-state index contributed by atoms with van der Waals surface area (Å²) in [5.41, 5.74) is 12.5. The standard InChI is InChI=1S/C13H15N3S/c1-9-13(17-8-15-9)7-16-5-10-2-3-12(14)4-11(10)6-16/h2-4,8H,5-7,14H2,1H3. The number of aromatic nitrogens is 1. The molecule has 3 rings (SSSR count). The average Bonchev–Trinajstić information content (AvgIpc) is 2.85. The first kappa shape index (κ1) is 10.7.